The largest absolute Gasteiger partial charge is 0.326 e. The first-order valence-electron chi connectivity index (χ1n) is 4.80. The summed E-state index contributed by atoms with van der Waals surface area (Å²) < 4.78 is 28.1. The highest BCUT2D eigenvalue weighted by Crippen LogP contribution is 2.25. The summed E-state index contributed by atoms with van der Waals surface area (Å²) in [5.74, 6) is -1.00. The first-order chi connectivity index (χ1) is 7.61. The molecular formula is C11H11F2N3. The molecule has 0 amide bonds. The summed E-state index contributed by atoms with van der Waals surface area (Å²) in [6.07, 6.45) is 1.69. The molecule has 16 heavy (non-hydrogen) atoms. The van der Waals surface area contributed by atoms with Crippen LogP contribution in [0, 0.1) is 11.6 Å². The van der Waals surface area contributed by atoms with Gasteiger partial charge in [0.15, 0.2) is 0 Å². The van der Waals surface area contributed by atoms with Gasteiger partial charge in [-0.3, -0.25) is 4.68 Å². The van der Waals surface area contributed by atoms with Crippen LogP contribution < -0.4 is 5.73 Å². The molecule has 1 aromatic carbocycles. The van der Waals surface area contributed by atoms with Gasteiger partial charge in [0.25, 0.3) is 0 Å². The zero-order valence-corrected chi connectivity index (χ0v) is 8.74. The van der Waals surface area contributed by atoms with Crippen molar-refractivity contribution in [1.29, 1.82) is 0 Å². The fraction of sp³-hybridized carbons (Fsp3) is 0.182. The molecule has 0 aliphatic rings. The van der Waals surface area contributed by atoms with Gasteiger partial charge in [-0.25, -0.2) is 8.78 Å². The van der Waals surface area contributed by atoms with Crippen LogP contribution in [-0.2, 0) is 13.6 Å². The molecule has 2 aromatic rings. The van der Waals surface area contributed by atoms with E-state index in [-0.39, 0.29) is 12.1 Å². The van der Waals surface area contributed by atoms with Gasteiger partial charge in [-0.1, -0.05) is 0 Å². The van der Waals surface area contributed by atoms with Gasteiger partial charge in [0.1, 0.15) is 11.6 Å². The summed E-state index contributed by atoms with van der Waals surface area (Å²) >= 11 is 0. The topological polar surface area (TPSA) is 43.8 Å². The quantitative estimate of drug-likeness (QED) is 0.844. The molecule has 0 fully saturated rings. The Morgan fingerprint density at radius 1 is 1.38 bits per heavy atom. The summed E-state index contributed by atoms with van der Waals surface area (Å²) in [7, 11) is 1.71. The van der Waals surface area contributed by atoms with Gasteiger partial charge in [0.2, 0.25) is 0 Å². The molecular weight excluding hydrogens is 212 g/mol. The SMILES string of the molecule is Cn1cc(CN)c(-c2cc(F)ccc2F)n1. The molecule has 0 unspecified atom stereocenters. The second kappa shape index (κ2) is 4.02. The third kappa shape index (κ3) is 1.81. The van der Waals surface area contributed by atoms with Crippen LogP contribution in [0.1, 0.15) is 5.56 Å². The lowest BCUT2D eigenvalue weighted by molar-refractivity contribution is 0.602. The Morgan fingerprint density at radius 2 is 2.12 bits per heavy atom. The fourth-order valence-corrected chi connectivity index (χ4v) is 1.59. The van der Waals surface area contributed by atoms with E-state index in [1.807, 2.05) is 0 Å². The van der Waals surface area contributed by atoms with Crippen molar-refractivity contribution in [1.82, 2.24) is 9.78 Å². The van der Waals surface area contributed by atoms with Gasteiger partial charge < -0.3 is 5.73 Å². The molecule has 2 rings (SSSR count). The maximum Gasteiger partial charge on any atom is 0.132 e. The number of hydrogen-bond acceptors (Lipinski definition) is 2. The van der Waals surface area contributed by atoms with Crippen LogP contribution in [0.15, 0.2) is 24.4 Å². The van der Waals surface area contributed by atoms with Crippen molar-refractivity contribution in [3.63, 3.8) is 0 Å². The van der Waals surface area contributed by atoms with E-state index in [0.29, 0.717) is 11.3 Å². The second-order valence-corrected chi connectivity index (χ2v) is 3.50. The Hall–Kier alpha value is -1.75. The van der Waals surface area contributed by atoms with E-state index in [0.717, 1.165) is 18.2 Å². The van der Waals surface area contributed by atoms with Crippen LogP contribution in [0.5, 0.6) is 0 Å². The number of nitrogens with zero attached hydrogens (tertiary/aromatic N) is 2. The molecule has 0 spiro atoms. The van der Waals surface area contributed by atoms with E-state index in [1.54, 1.807) is 13.2 Å². The number of aromatic nitrogens is 2. The lowest BCUT2D eigenvalue weighted by Gasteiger charge is -2.02. The number of rotatable bonds is 2. The van der Waals surface area contributed by atoms with Crippen LogP contribution in [0.3, 0.4) is 0 Å². The van der Waals surface area contributed by atoms with Gasteiger partial charge in [-0.15, -0.1) is 0 Å². The summed E-state index contributed by atoms with van der Waals surface area (Å²) in [4.78, 5) is 0. The number of nitrogens with two attached hydrogens (primary N) is 1. The highest BCUT2D eigenvalue weighted by atomic mass is 19.1. The third-order valence-corrected chi connectivity index (χ3v) is 2.31. The van der Waals surface area contributed by atoms with Gasteiger partial charge in [-0.05, 0) is 18.2 Å². The minimum atomic E-state index is -0.505. The fourth-order valence-electron chi connectivity index (χ4n) is 1.59. The van der Waals surface area contributed by atoms with E-state index in [1.165, 1.54) is 4.68 Å². The first-order valence-corrected chi connectivity index (χ1v) is 4.80. The standard InChI is InChI=1S/C11H11F2N3/c1-16-6-7(5-14)11(15-16)9-4-8(12)2-3-10(9)13/h2-4,6H,5,14H2,1H3. The van der Waals surface area contributed by atoms with E-state index in [9.17, 15) is 8.78 Å². The van der Waals surface area contributed by atoms with Crippen LogP contribution >= 0.6 is 0 Å². The smallest absolute Gasteiger partial charge is 0.132 e. The van der Waals surface area contributed by atoms with Crippen molar-refractivity contribution in [3.8, 4) is 11.3 Å². The average molecular weight is 223 g/mol. The van der Waals surface area contributed by atoms with E-state index in [2.05, 4.69) is 5.10 Å². The van der Waals surface area contributed by atoms with Crippen LogP contribution in [0.2, 0.25) is 0 Å². The minimum absolute atomic E-state index is 0.140. The maximum atomic E-state index is 13.5. The van der Waals surface area contributed by atoms with Crippen molar-refractivity contribution < 1.29 is 8.78 Å². The molecule has 0 bridgehead atoms. The molecule has 0 aliphatic carbocycles. The molecule has 3 nitrogen and oxygen atoms in total. The summed E-state index contributed by atoms with van der Waals surface area (Å²) in [5, 5.41) is 4.08. The zero-order chi connectivity index (χ0) is 11.7. The molecule has 0 atom stereocenters. The van der Waals surface area contributed by atoms with Gasteiger partial charge in [0, 0.05) is 30.9 Å². The number of halogens is 2. The Labute approximate surface area is 91.5 Å². The molecule has 0 saturated carbocycles. The van der Waals surface area contributed by atoms with Crippen molar-refractivity contribution in [3.05, 3.63) is 41.6 Å². The highest BCUT2D eigenvalue weighted by molar-refractivity contribution is 5.63. The Morgan fingerprint density at radius 3 is 2.81 bits per heavy atom. The van der Waals surface area contributed by atoms with Crippen molar-refractivity contribution in [2.45, 2.75) is 6.54 Å². The van der Waals surface area contributed by atoms with Crippen molar-refractivity contribution >= 4 is 0 Å². The minimum Gasteiger partial charge on any atom is -0.326 e. The first kappa shape index (κ1) is 10.8. The van der Waals surface area contributed by atoms with Gasteiger partial charge in [-0.2, -0.15) is 5.10 Å². The average Bonchev–Trinajstić information content (AvgIpc) is 2.63. The predicted molar refractivity (Wildman–Crippen MR) is 56.5 cm³/mol. The second-order valence-electron chi connectivity index (χ2n) is 3.50. The van der Waals surface area contributed by atoms with E-state index in [4.69, 9.17) is 5.73 Å². The van der Waals surface area contributed by atoms with Crippen molar-refractivity contribution in [2.24, 2.45) is 12.8 Å². The van der Waals surface area contributed by atoms with Crippen LogP contribution in [0.25, 0.3) is 11.3 Å². The summed E-state index contributed by atoms with van der Waals surface area (Å²) in [6.45, 7) is 0.235. The summed E-state index contributed by atoms with van der Waals surface area (Å²) in [6, 6.07) is 3.28. The van der Waals surface area contributed by atoms with Crippen molar-refractivity contribution in [2.75, 3.05) is 0 Å². The molecule has 0 radical (unpaired) electrons. The monoisotopic (exact) mass is 223 g/mol. The highest BCUT2D eigenvalue weighted by Gasteiger charge is 2.13. The normalized spacial score (nSPS) is 10.8. The van der Waals surface area contributed by atoms with E-state index < -0.39 is 11.6 Å². The summed E-state index contributed by atoms with van der Waals surface area (Å²) in [5.41, 5.74) is 6.74. The molecule has 2 N–H and O–H groups in total. The molecule has 1 heterocycles. The number of aryl methyl sites for hydroxylation is 1. The Balaban J connectivity index is 2.61. The molecule has 1 aromatic heterocycles. The van der Waals surface area contributed by atoms with E-state index >= 15 is 0 Å². The zero-order valence-electron chi connectivity index (χ0n) is 8.74. The molecule has 84 valence electrons. The molecule has 0 saturated heterocycles. The number of benzene rings is 1. The van der Waals surface area contributed by atoms with Crippen LogP contribution in [-0.4, -0.2) is 9.78 Å². The predicted octanol–water partition coefficient (Wildman–Crippen LogP) is 1.82. The third-order valence-electron chi connectivity index (χ3n) is 2.31. The molecule has 5 heteroatoms. The Kier molecular flexibility index (Phi) is 2.70. The maximum absolute atomic E-state index is 13.5. The van der Waals surface area contributed by atoms with Gasteiger partial charge >= 0.3 is 0 Å². The van der Waals surface area contributed by atoms with Crippen LogP contribution in [0.4, 0.5) is 8.78 Å². The lowest BCUT2D eigenvalue weighted by atomic mass is 10.1. The van der Waals surface area contributed by atoms with Gasteiger partial charge in [0.05, 0.1) is 5.69 Å². The lowest BCUT2D eigenvalue weighted by Crippen LogP contribution is -1.98. The Bertz CT molecular complexity index is 520. The molecule has 0 aliphatic heterocycles. The number of hydrogen-bond donors (Lipinski definition) is 1.